The molecule has 0 amide bonds. The highest BCUT2D eigenvalue weighted by atomic mass is 79.9. The van der Waals surface area contributed by atoms with Crippen LogP contribution in [0.1, 0.15) is 11.1 Å². The Morgan fingerprint density at radius 3 is 2.39 bits per heavy atom. The number of nitrogens with one attached hydrogen (secondary N) is 1. The number of sulfonamides is 1. The molecule has 1 N–H and O–H groups in total. The molecule has 0 bridgehead atoms. The second-order valence-electron chi connectivity index (χ2n) is 4.32. The van der Waals surface area contributed by atoms with E-state index in [1.54, 1.807) is 0 Å². The summed E-state index contributed by atoms with van der Waals surface area (Å²) in [6, 6.07) is 4.37. The summed E-state index contributed by atoms with van der Waals surface area (Å²) in [7, 11) is -4.03. The van der Waals surface area contributed by atoms with Gasteiger partial charge in [0, 0.05) is 6.54 Å². The lowest BCUT2D eigenvalue weighted by atomic mass is 10.1. The summed E-state index contributed by atoms with van der Waals surface area (Å²) in [4.78, 5) is -0.235. The average Bonchev–Trinajstić information content (AvgIpc) is 2.70. The molecule has 0 saturated heterocycles. The first-order chi connectivity index (χ1) is 10.5. The van der Waals surface area contributed by atoms with Crippen molar-refractivity contribution in [2.24, 2.45) is 0 Å². The number of benzene rings is 1. The third kappa shape index (κ3) is 4.40. The van der Waals surface area contributed by atoms with Gasteiger partial charge in [0.15, 0.2) is 0 Å². The third-order valence-corrected chi connectivity index (χ3v) is 7.58. The van der Waals surface area contributed by atoms with Crippen molar-refractivity contribution in [3.05, 3.63) is 48.5 Å². The number of hydrogen-bond acceptors (Lipinski definition) is 3. The van der Waals surface area contributed by atoms with Gasteiger partial charge in [-0.15, -0.1) is 11.3 Å². The lowest BCUT2D eigenvalue weighted by molar-refractivity contribution is -0.137. The van der Waals surface area contributed by atoms with Crippen LogP contribution in [0.3, 0.4) is 0 Å². The van der Waals surface area contributed by atoms with E-state index in [2.05, 4.69) is 20.7 Å². The minimum absolute atomic E-state index is 0.0431. The minimum atomic E-state index is -4.50. The van der Waals surface area contributed by atoms with Crippen molar-refractivity contribution < 1.29 is 21.6 Å². The van der Waals surface area contributed by atoms with Crippen molar-refractivity contribution in [1.29, 1.82) is 0 Å². The quantitative estimate of drug-likeness (QED) is 0.660. The van der Waals surface area contributed by atoms with E-state index in [-0.39, 0.29) is 30.1 Å². The maximum atomic E-state index is 12.6. The highest BCUT2D eigenvalue weighted by Gasteiger charge is 2.30. The van der Waals surface area contributed by atoms with Crippen molar-refractivity contribution in [2.45, 2.75) is 17.6 Å². The highest BCUT2D eigenvalue weighted by Crippen LogP contribution is 2.42. The van der Waals surface area contributed by atoms with Crippen molar-refractivity contribution in [1.82, 2.24) is 4.72 Å². The molecule has 11 heteroatoms. The number of halogens is 6. The van der Waals surface area contributed by atoms with Crippen molar-refractivity contribution in [3.8, 4) is 0 Å². The summed E-state index contributed by atoms with van der Waals surface area (Å²) in [6.45, 7) is -0.317. The molecule has 0 aliphatic heterocycles. The summed E-state index contributed by atoms with van der Waals surface area (Å²) in [5, 5.41) is 0. The summed E-state index contributed by atoms with van der Waals surface area (Å²) in [6.07, 6.45) is -4.50. The molecule has 0 unspecified atom stereocenters. The molecule has 0 spiro atoms. The molecule has 0 aliphatic carbocycles. The Bertz CT molecular complexity index is 837. The summed E-state index contributed by atoms with van der Waals surface area (Å²) in [5.41, 5.74) is -0.691. The molecule has 2 aromatic rings. The van der Waals surface area contributed by atoms with E-state index in [0.717, 1.165) is 23.5 Å². The lowest BCUT2D eigenvalue weighted by Gasteiger charge is -2.10. The predicted molar refractivity (Wildman–Crippen MR) is 87.5 cm³/mol. The van der Waals surface area contributed by atoms with E-state index in [1.165, 1.54) is 12.1 Å². The van der Waals surface area contributed by atoms with Crippen LogP contribution in [0.25, 0.3) is 0 Å². The fraction of sp³-hybridized carbons (Fsp3) is 0.167. The summed E-state index contributed by atoms with van der Waals surface area (Å²) in [5.74, 6) is 0. The topological polar surface area (TPSA) is 46.2 Å². The van der Waals surface area contributed by atoms with Gasteiger partial charge in [0.1, 0.15) is 13.6 Å². The Hall–Kier alpha value is -0.320. The van der Waals surface area contributed by atoms with E-state index < -0.39 is 21.8 Å². The fourth-order valence-corrected chi connectivity index (χ4v) is 6.25. The van der Waals surface area contributed by atoms with Gasteiger partial charge in [-0.3, -0.25) is 0 Å². The van der Waals surface area contributed by atoms with Gasteiger partial charge < -0.3 is 0 Å². The van der Waals surface area contributed by atoms with E-state index in [9.17, 15) is 21.6 Å². The zero-order chi connectivity index (χ0) is 17.4. The Morgan fingerprint density at radius 1 is 1.22 bits per heavy atom. The van der Waals surface area contributed by atoms with Crippen LogP contribution < -0.4 is 4.72 Å². The molecule has 1 heterocycles. The highest BCUT2D eigenvalue weighted by molar-refractivity contribution is 9.10. The molecule has 0 fully saturated rings. The molecule has 1 aromatic heterocycles. The van der Waals surface area contributed by atoms with Gasteiger partial charge in [0.25, 0.3) is 0 Å². The van der Waals surface area contributed by atoms with Gasteiger partial charge in [0.2, 0.25) is 10.0 Å². The maximum absolute atomic E-state index is 12.6. The Morgan fingerprint density at radius 2 is 1.87 bits per heavy atom. The number of hydrogen-bond donors (Lipinski definition) is 1. The van der Waals surface area contributed by atoms with Crippen molar-refractivity contribution in [3.63, 3.8) is 0 Å². The van der Waals surface area contributed by atoms with Crippen LogP contribution in [0.2, 0.25) is 8.67 Å². The molecule has 0 radical (unpaired) electrons. The van der Waals surface area contributed by atoms with Gasteiger partial charge in [-0.1, -0.05) is 41.4 Å². The number of alkyl halides is 3. The molecule has 0 saturated carbocycles. The van der Waals surface area contributed by atoms with E-state index in [0.29, 0.717) is 0 Å². The molecular formula is C12H7BrCl2F3NO2S2. The van der Waals surface area contributed by atoms with E-state index >= 15 is 0 Å². The predicted octanol–water partition coefficient (Wildman–Crippen LogP) is 5.31. The van der Waals surface area contributed by atoms with Gasteiger partial charge in [0.05, 0.1) is 10.0 Å². The molecule has 3 nitrogen and oxygen atoms in total. The van der Waals surface area contributed by atoms with Gasteiger partial charge in [-0.2, -0.15) is 13.2 Å². The first-order valence-corrected chi connectivity index (χ1v) is 9.66. The zero-order valence-corrected chi connectivity index (χ0v) is 15.6. The first-order valence-electron chi connectivity index (χ1n) is 5.81. The summed E-state index contributed by atoms with van der Waals surface area (Å²) >= 11 is 15.5. The van der Waals surface area contributed by atoms with Crippen LogP contribution in [-0.2, 0) is 22.7 Å². The molecule has 126 valence electrons. The van der Waals surface area contributed by atoms with Crippen LogP contribution in [0.4, 0.5) is 13.2 Å². The minimum Gasteiger partial charge on any atom is -0.207 e. The molecule has 23 heavy (non-hydrogen) atoms. The van der Waals surface area contributed by atoms with Crippen LogP contribution in [0, 0.1) is 0 Å². The van der Waals surface area contributed by atoms with Crippen LogP contribution in [0.5, 0.6) is 0 Å². The average molecular weight is 469 g/mol. The Kier molecular flexibility index (Phi) is 5.70. The van der Waals surface area contributed by atoms with Crippen molar-refractivity contribution >= 4 is 60.5 Å². The maximum Gasteiger partial charge on any atom is 0.416 e. The molecule has 0 aliphatic rings. The second kappa shape index (κ2) is 6.89. The fourth-order valence-electron chi connectivity index (χ4n) is 1.68. The van der Waals surface area contributed by atoms with E-state index in [4.69, 9.17) is 23.2 Å². The molecular weight excluding hydrogens is 462 g/mol. The van der Waals surface area contributed by atoms with E-state index in [1.807, 2.05) is 0 Å². The monoisotopic (exact) mass is 467 g/mol. The van der Waals surface area contributed by atoms with Crippen LogP contribution in [0.15, 0.2) is 33.6 Å². The normalized spacial score (nSPS) is 12.6. The van der Waals surface area contributed by atoms with Gasteiger partial charge in [-0.25, -0.2) is 13.1 Å². The van der Waals surface area contributed by atoms with Gasteiger partial charge >= 0.3 is 6.18 Å². The Balaban J connectivity index is 2.23. The smallest absolute Gasteiger partial charge is 0.207 e. The van der Waals surface area contributed by atoms with Crippen molar-refractivity contribution in [2.75, 3.05) is 0 Å². The largest absolute Gasteiger partial charge is 0.416 e. The number of rotatable bonds is 4. The van der Waals surface area contributed by atoms with Crippen LogP contribution >= 0.6 is 50.5 Å². The van der Waals surface area contributed by atoms with Crippen LogP contribution in [-0.4, -0.2) is 8.42 Å². The zero-order valence-electron chi connectivity index (χ0n) is 10.9. The first kappa shape index (κ1) is 19.0. The Labute approximate surface area is 152 Å². The number of thiophene rings is 1. The second-order valence-corrected chi connectivity index (χ2v) is 9.04. The molecule has 1 aromatic carbocycles. The summed E-state index contributed by atoms with van der Waals surface area (Å²) < 4.78 is 64.8. The third-order valence-electron chi connectivity index (χ3n) is 2.72. The lowest BCUT2D eigenvalue weighted by Crippen LogP contribution is -2.23. The van der Waals surface area contributed by atoms with Gasteiger partial charge in [-0.05, 0) is 27.6 Å². The molecule has 2 rings (SSSR count). The SMILES string of the molecule is O=S(=O)(NCc1cccc(C(F)(F)F)c1)c1c(Cl)sc(Cl)c1Br. The standard InChI is InChI=1S/C12H7BrCl2F3NO2S2/c13-8-9(11(15)22-10(8)14)23(20,21)19-5-6-2-1-3-7(4-6)12(16,17)18/h1-4,19H,5H2. The molecule has 0 atom stereocenters.